The lowest BCUT2D eigenvalue weighted by Crippen LogP contribution is -2.06. The maximum atomic E-state index is 13.7. The Bertz CT molecular complexity index is 490. The zero-order valence-electron chi connectivity index (χ0n) is 9.63. The second-order valence-electron chi connectivity index (χ2n) is 3.83. The summed E-state index contributed by atoms with van der Waals surface area (Å²) in [5, 5.41) is 3.02. The Morgan fingerprint density at radius 2 is 2.31 bits per heavy atom. The molecule has 1 N–H and O–H groups in total. The molecule has 0 spiro atoms. The average molecular weight is 221 g/mol. The molecule has 16 heavy (non-hydrogen) atoms. The smallest absolute Gasteiger partial charge is 0.149 e. The second kappa shape index (κ2) is 4.61. The monoisotopic (exact) mass is 221 g/mol. The quantitative estimate of drug-likeness (QED) is 0.857. The van der Waals surface area contributed by atoms with Gasteiger partial charge in [-0.05, 0) is 25.6 Å². The van der Waals surface area contributed by atoms with Gasteiger partial charge in [0.15, 0.2) is 0 Å². The van der Waals surface area contributed by atoms with Crippen LogP contribution in [0.1, 0.15) is 24.9 Å². The first-order chi connectivity index (χ1) is 7.77. The van der Waals surface area contributed by atoms with E-state index in [0.717, 1.165) is 24.4 Å². The SMILES string of the molecule is CCCc1nc(CNC)c2c(F)cccn12. The lowest BCUT2D eigenvalue weighted by atomic mass is 10.3. The molecular weight excluding hydrogens is 205 g/mol. The third-order valence-electron chi connectivity index (χ3n) is 2.58. The maximum absolute atomic E-state index is 13.7. The van der Waals surface area contributed by atoms with Crippen LogP contribution < -0.4 is 5.32 Å². The number of halogens is 1. The largest absolute Gasteiger partial charge is 0.314 e. The summed E-state index contributed by atoms with van der Waals surface area (Å²) >= 11 is 0. The highest BCUT2D eigenvalue weighted by Gasteiger charge is 2.12. The molecule has 2 rings (SSSR count). The van der Waals surface area contributed by atoms with Crippen LogP contribution in [0.4, 0.5) is 4.39 Å². The van der Waals surface area contributed by atoms with Crippen molar-refractivity contribution in [3.05, 3.63) is 35.7 Å². The Balaban J connectivity index is 2.61. The van der Waals surface area contributed by atoms with Crippen molar-refractivity contribution in [1.82, 2.24) is 14.7 Å². The molecule has 0 radical (unpaired) electrons. The first-order valence-electron chi connectivity index (χ1n) is 5.56. The molecule has 2 aromatic rings. The zero-order chi connectivity index (χ0) is 11.5. The van der Waals surface area contributed by atoms with E-state index in [1.807, 2.05) is 17.6 Å². The van der Waals surface area contributed by atoms with Gasteiger partial charge < -0.3 is 9.72 Å². The molecule has 0 aliphatic heterocycles. The highest BCUT2D eigenvalue weighted by atomic mass is 19.1. The number of aromatic nitrogens is 2. The fraction of sp³-hybridized carbons (Fsp3) is 0.417. The Labute approximate surface area is 94.3 Å². The van der Waals surface area contributed by atoms with Crippen molar-refractivity contribution in [2.75, 3.05) is 7.05 Å². The van der Waals surface area contributed by atoms with Crippen molar-refractivity contribution in [3.63, 3.8) is 0 Å². The van der Waals surface area contributed by atoms with Gasteiger partial charge in [-0.15, -0.1) is 0 Å². The van der Waals surface area contributed by atoms with Gasteiger partial charge in [-0.2, -0.15) is 0 Å². The number of hydrogen-bond donors (Lipinski definition) is 1. The molecule has 0 saturated heterocycles. The number of fused-ring (bicyclic) bond motifs is 1. The summed E-state index contributed by atoms with van der Waals surface area (Å²) in [7, 11) is 1.84. The van der Waals surface area contributed by atoms with Gasteiger partial charge in [0.1, 0.15) is 17.2 Å². The predicted octanol–water partition coefficient (Wildman–Crippen LogP) is 2.15. The van der Waals surface area contributed by atoms with Crippen molar-refractivity contribution in [3.8, 4) is 0 Å². The summed E-state index contributed by atoms with van der Waals surface area (Å²) in [4.78, 5) is 4.49. The number of aryl methyl sites for hydroxylation is 1. The van der Waals surface area contributed by atoms with Crippen LogP contribution in [-0.2, 0) is 13.0 Å². The van der Waals surface area contributed by atoms with Crippen LogP contribution in [0, 0.1) is 5.82 Å². The molecule has 0 aromatic carbocycles. The van der Waals surface area contributed by atoms with E-state index in [4.69, 9.17) is 0 Å². The van der Waals surface area contributed by atoms with E-state index in [1.54, 1.807) is 6.07 Å². The van der Waals surface area contributed by atoms with Gasteiger partial charge in [0.25, 0.3) is 0 Å². The number of rotatable bonds is 4. The lowest BCUT2D eigenvalue weighted by molar-refractivity contribution is 0.630. The first-order valence-corrected chi connectivity index (χ1v) is 5.56. The van der Waals surface area contributed by atoms with Gasteiger partial charge in [0.2, 0.25) is 0 Å². The van der Waals surface area contributed by atoms with Crippen LogP contribution in [-0.4, -0.2) is 16.4 Å². The summed E-state index contributed by atoms with van der Waals surface area (Å²) in [5.41, 5.74) is 1.38. The molecule has 86 valence electrons. The molecule has 0 atom stereocenters. The van der Waals surface area contributed by atoms with Crippen LogP contribution >= 0.6 is 0 Å². The van der Waals surface area contributed by atoms with E-state index in [1.165, 1.54) is 6.07 Å². The summed E-state index contributed by atoms with van der Waals surface area (Å²) in [6.07, 6.45) is 3.75. The molecule has 0 unspecified atom stereocenters. The molecule has 0 aliphatic carbocycles. The normalized spacial score (nSPS) is 11.2. The number of nitrogens with one attached hydrogen (secondary N) is 1. The van der Waals surface area contributed by atoms with E-state index in [2.05, 4.69) is 17.2 Å². The zero-order valence-corrected chi connectivity index (χ0v) is 9.63. The molecule has 0 bridgehead atoms. The number of imidazole rings is 1. The van der Waals surface area contributed by atoms with E-state index in [0.29, 0.717) is 12.1 Å². The summed E-state index contributed by atoms with van der Waals surface area (Å²) < 4.78 is 15.6. The van der Waals surface area contributed by atoms with Crippen LogP contribution in [0.25, 0.3) is 5.52 Å². The minimum atomic E-state index is -0.206. The summed E-state index contributed by atoms with van der Waals surface area (Å²) in [5.74, 6) is 0.727. The highest BCUT2D eigenvalue weighted by molar-refractivity contribution is 5.54. The number of pyridine rings is 1. The standard InChI is InChI=1S/C12H16FN3/c1-3-5-11-15-10(8-14-2)12-9(13)6-4-7-16(11)12/h4,6-7,14H,3,5,8H2,1-2H3. The Hall–Kier alpha value is -1.42. The van der Waals surface area contributed by atoms with Crippen molar-refractivity contribution < 1.29 is 4.39 Å². The van der Waals surface area contributed by atoms with E-state index in [-0.39, 0.29) is 5.82 Å². The lowest BCUT2D eigenvalue weighted by Gasteiger charge is -2.00. The van der Waals surface area contributed by atoms with E-state index < -0.39 is 0 Å². The number of hydrogen-bond acceptors (Lipinski definition) is 2. The van der Waals surface area contributed by atoms with Gasteiger partial charge in [-0.25, -0.2) is 9.37 Å². The van der Waals surface area contributed by atoms with Gasteiger partial charge in [-0.3, -0.25) is 0 Å². The van der Waals surface area contributed by atoms with Crippen molar-refractivity contribution in [1.29, 1.82) is 0 Å². The van der Waals surface area contributed by atoms with Crippen LogP contribution in [0.2, 0.25) is 0 Å². The van der Waals surface area contributed by atoms with Gasteiger partial charge >= 0.3 is 0 Å². The fourth-order valence-electron chi connectivity index (χ4n) is 1.93. The molecular formula is C12H16FN3. The molecule has 2 heterocycles. The molecule has 0 saturated carbocycles. The minimum absolute atomic E-state index is 0.206. The van der Waals surface area contributed by atoms with Crippen molar-refractivity contribution in [2.24, 2.45) is 0 Å². The van der Waals surface area contributed by atoms with Gasteiger partial charge in [0, 0.05) is 19.2 Å². The summed E-state index contributed by atoms with van der Waals surface area (Å²) in [6.45, 7) is 2.69. The topological polar surface area (TPSA) is 29.3 Å². The van der Waals surface area contributed by atoms with E-state index >= 15 is 0 Å². The fourth-order valence-corrected chi connectivity index (χ4v) is 1.93. The maximum Gasteiger partial charge on any atom is 0.149 e. The molecule has 0 amide bonds. The highest BCUT2D eigenvalue weighted by Crippen LogP contribution is 2.17. The third-order valence-corrected chi connectivity index (χ3v) is 2.58. The molecule has 2 aromatic heterocycles. The Kier molecular flexibility index (Phi) is 3.19. The van der Waals surface area contributed by atoms with Crippen LogP contribution in [0.5, 0.6) is 0 Å². The predicted molar refractivity (Wildman–Crippen MR) is 61.9 cm³/mol. The third kappa shape index (κ3) is 1.80. The Morgan fingerprint density at radius 1 is 1.50 bits per heavy atom. The molecule has 0 aliphatic rings. The van der Waals surface area contributed by atoms with Crippen molar-refractivity contribution >= 4 is 5.52 Å². The molecule has 0 fully saturated rings. The van der Waals surface area contributed by atoms with Crippen LogP contribution in [0.15, 0.2) is 18.3 Å². The first kappa shape index (κ1) is 11.1. The van der Waals surface area contributed by atoms with Gasteiger partial charge in [-0.1, -0.05) is 6.92 Å². The average Bonchev–Trinajstić information content (AvgIpc) is 2.60. The van der Waals surface area contributed by atoms with Crippen LogP contribution in [0.3, 0.4) is 0 Å². The van der Waals surface area contributed by atoms with E-state index in [9.17, 15) is 4.39 Å². The summed E-state index contributed by atoms with van der Waals surface area (Å²) in [6, 6.07) is 3.19. The van der Waals surface area contributed by atoms with Crippen molar-refractivity contribution in [2.45, 2.75) is 26.3 Å². The number of nitrogens with zero attached hydrogens (tertiary/aromatic N) is 2. The molecule has 3 nitrogen and oxygen atoms in total. The van der Waals surface area contributed by atoms with Gasteiger partial charge in [0.05, 0.1) is 5.69 Å². The molecule has 4 heteroatoms. The minimum Gasteiger partial charge on any atom is -0.314 e. The Morgan fingerprint density at radius 3 is 3.00 bits per heavy atom. The second-order valence-corrected chi connectivity index (χ2v) is 3.83.